The minimum absolute atomic E-state index is 0.248. The number of aromatic nitrogens is 1. The van der Waals surface area contributed by atoms with E-state index in [0.717, 1.165) is 26.2 Å². The van der Waals surface area contributed by atoms with E-state index in [1.807, 2.05) is 17.5 Å². The molecule has 1 aromatic heterocycles. The van der Waals surface area contributed by atoms with Crippen LogP contribution in [-0.4, -0.2) is 35.1 Å². The molecule has 84 valence electrons. The van der Waals surface area contributed by atoms with Crippen molar-refractivity contribution in [2.24, 2.45) is 0 Å². The highest BCUT2D eigenvalue weighted by Gasteiger charge is 2.25. The second-order valence-corrected chi connectivity index (χ2v) is 6.19. The number of aryl methyl sites for hydroxylation is 1. The summed E-state index contributed by atoms with van der Waals surface area (Å²) in [6.07, 6.45) is 2.01. The Hall–Kier alpha value is -0.450. The summed E-state index contributed by atoms with van der Waals surface area (Å²) >= 11 is 1.81. The molecule has 1 aliphatic rings. The van der Waals surface area contributed by atoms with Gasteiger partial charge in [0.2, 0.25) is 0 Å². The van der Waals surface area contributed by atoms with Gasteiger partial charge in [0.25, 0.3) is 0 Å². The van der Waals surface area contributed by atoms with Gasteiger partial charge in [0.05, 0.1) is 5.01 Å². The molecular weight excluding hydrogens is 206 g/mol. The molecule has 0 radical (unpaired) electrons. The molecule has 0 atom stereocenters. The van der Waals surface area contributed by atoms with Crippen LogP contribution in [0.25, 0.3) is 0 Å². The SMILES string of the molecule is Cc1ncc(CN2CCNC(C)(C)C2)s1. The van der Waals surface area contributed by atoms with Crippen LogP contribution in [0.5, 0.6) is 0 Å². The molecule has 0 amide bonds. The highest BCUT2D eigenvalue weighted by atomic mass is 32.1. The van der Waals surface area contributed by atoms with E-state index in [9.17, 15) is 0 Å². The smallest absolute Gasteiger partial charge is 0.0897 e. The first-order chi connectivity index (χ1) is 7.05. The maximum Gasteiger partial charge on any atom is 0.0897 e. The lowest BCUT2D eigenvalue weighted by Gasteiger charge is -2.38. The van der Waals surface area contributed by atoms with Gasteiger partial charge in [0.15, 0.2) is 0 Å². The van der Waals surface area contributed by atoms with E-state index in [2.05, 4.69) is 36.0 Å². The van der Waals surface area contributed by atoms with Crippen LogP contribution >= 0.6 is 11.3 Å². The Labute approximate surface area is 95.5 Å². The quantitative estimate of drug-likeness (QED) is 0.829. The molecule has 1 N–H and O–H groups in total. The van der Waals surface area contributed by atoms with Crippen LogP contribution in [0, 0.1) is 6.92 Å². The van der Waals surface area contributed by atoms with Crippen LogP contribution < -0.4 is 5.32 Å². The highest BCUT2D eigenvalue weighted by molar-refractivity contribution is 7.11. The number of hydrogen-bond donors (Lipinski definition) is 1. The minimum atomic E-state index is 0.248. The van der Waals surface area contributed by atoms with Crippen LogP contribution in [0.2, 0.25) is 0 Å². The molecular formula is C11H19N3S. The summed E-state index contributed by atoms with van der Waals surface area (Å²) < 4.78 is 0. The Morgan fingerprint density at radius 3 is 3.00 bits per heavy atom. The number of thiazole rings is 1. The molecule has 0 unspecified atom stereocenters. The summed E-state index contributed by atoms with van der Waals surface area (Å²) in [4.78, 5) is 8.18. The van der Waals surface area contributed by atoms with Gasteiger partial charge < -0.3 is 5.32 Å². The van der Waals surface area contributed by atoms with Gasteiger partial charge in [-0.3, -0.25) is 4.90 Å². The van der Waals surface area contributed by atoms with Crippen molar-refractivity contribution < 1.29 is 0 Å². The van der Waals surface area contributed by atoms with Crippen molar-refractivity contribution in [2.75, 3.05) is 19.6 Å². The molecule has 3 nitrogen and oxygen atoms in total. The zero-order chi connectivity index (χ0) is 10.9. The average molecular weight is 225 g/mol. The predicted molar refractivity (Wildman–Crippen MR) is 64.2 cm³/mol. The van der Waals surface area contributed by atoms with E-state index >= 15 is 0 Å². The highest BCUT2D eigenvalue weighted by Crippen LogP contribution is 2.17. The van der Waals surface area contributed by atoms with E-state index in [1.54, 1.807) is 0 Å². The standard InChI is InChI=1S/C11H19N3S/c1-9-12-6-10(15-9)7-14-5-4-13-11(2,3)8-14/h6,13H,4-5,7-8H2,1-3H3. The third kappa shape index (κ3) is 3.00. The predicted octanol–water partition coefficient (Wildman–Crippen LogP) is 1.64. The second kappa shape index (κ2) is 4.20. The molecule has 1 saturated heterocycles. The van der Waals surface area contributed by atoms with E-state index in [1.165, 1.54) is 9.88 Å². The lowest BCUT2D eigenvalue weighted by molar-refractivity contribution is 0.149. The fourth-order valence-corrected chi connectivity index (χ4v) is 2.92. The summed E-state index contributed by atoms with van der Waals surface area (Å²) in [6, 6.07) is 0. The van der Waals surface area contributed by atoms with E-state index in [-0.39, 0.29) is 5.54 Å². The molecule has 1 aromatic rings. The minimum Gasteiger partial charge on any atom is -0.309 e. The molecule has 1 aliphatic heterocycles. The van der Waals surface area contributed by atoms with Crippen molar-refractivity contribution in [1.29, 1.82) is 0 Å². The zero-order valence-electron chi connectivity index (χ0n) is 9.71. The van der Waals surface area contributed by atoms with E-state index < -0.39 is 0 Å². The Kier molecular flexibility index (Phi) is 3.09. The maximum absolute atomic E-state index is 4.29. The summed E-state index contributed by atoms with van der Waals surface area (Å²) in [7, 11) is 0. The van der Waals surface area contributed by atoms with Gasteiger partial charge in [-0.05, 0) is 20.8 Å². The van der Waals surface area contributed by atoms with Gasteiger partial charge in [-0.25, -0.2) is 4.98 Å². The van der Waals surface area contributed by atoms with Crippen molar-refractivity contribution in [3.05, 3.63) is 16.1 Å². The molecule has 1 fully saturated rings. The van der Waals surface area contributed by atoms with Crippen LogP contribution in [0.15, 0.2) is 6.20 Å². The zero-order valence-corrected chi connectivity index (χ0v) is 10.5. The van der Waals surface area contributed by atoms with Crippen molar-refractivity contribution in [3.63, 3.8) is 0 Å². The lowest BCUT2D eigenvalue weighted by atomic mass is 10.0. The first-order valence-electron chi connectivity index (χ1n) is 5.44. The number of piperazine rings is 1. The fraction of sp³-hybridized carbons (Fsp3) is 0.727. The summed E-state index contributed by atoms with van der Waals surface area (Å²) in [5.41, 5.74) is 0.248. The topological polar surface area (TPSA) is 28.2 Å². The van der Waals surface area contributed by atoms with Crippen LogP contribution in [-0.2, 0) is 6.54 Å². The normalized spacial score (nSPS) is 21.8. The molecule has 2 rings (SSSR count). The first kappa shape index (κ1) is 11.0. The van der Waals surface area contributed by atoms with Crippen molar-refractivity contribution >= 4 is 11.3 Å². The van der Waals surface area contributed by atoms with E-state index in [4.69, 9.17) is 0 Å². The van der Waals surface area contributed by atoms with Gasteiger partial charge in [-0.1, -0.05) is 0 Å². The molecule has 0 saturated carbocycles. The number of nitrogens with zero attached hydrogens (tertiary/aromatic N) is 2. The molecule has 0 aromatic carbocycles. The molecule has 0 bridgehead atoms. The van der Waals surface area contributed by atoms with Crippen molar-refractivity contribution in [3.8, 4) is 0 Å². The summed E-state index contributed by atoms with van der Waals surface area (Å²) in [5.74, 6) is 0. The van der Waals surface area contributed by atoms with Crippen LogP contribution in [0.4, 0.5) is 0 Å². The number of rotatable bonds is 2. The number of nitrogens with one attached hydrogen (secondary N) is 1. The third-order valence-corrected chi connectivity index (χ3v) is 3.60. The molecule has 2 heterocycles. The van der Waals surface area contributed by atoms with Gasteiger partial charge in [-0.15, -0.1) is 11.3 Å². The molecule has 0 spiro atoms. The lowest BCUT2D eigenvalue weighted by Crippen LogP contribution is -2.56. The van der Waals surface area contributed by atoms with Gasteiger partial charge in [0, 0.05) is 42.8 Å². The van der Waals surface area contributed by atoms with Crippen molar-refractivity contribution in [2.45, 2.75) is 32.9 Å². The maximum atomic E-state index is 4.29. The second-order valence-electron chi connectivity index (χ2n) is 4.87. The first-order valence-corrected chi connectivity index (χ1v) is 6.25. The molecule has 0 aliphatic carbocycles. The summed E-state index contributed by atoms with van der Waals surface area (Å²) in [5, 5.41) is 4.69. The Balaban J connectivity index is 1.95. The van der Waals surface area contributed by atoms with Gasteiger partial charge in [0.1, 0.15) is 0 Å². The van der Waals surface area contributed by atoms with Crippen molar-refractivity contribution in [1.82, 2.24) is 15.2 Å². The molecule has 15 heavy (non-hydrogen) atoms. The Morgan fingerprint density at radius 2 is 2.40 bits per heavy atom. The van der Waals surface area contributed by atoms with Crippen LogP contribution in [0.3, 0.4) is 0 Å². The largest absolute Gasteiger partial charge is 0.309 e. The Bertz CT molecular complexity index is 332. The Morgan fingerprint density at radius 1 is 1.60 bits per heavy atom. The summed E-state index contributed by atoms with van der Waals surface area (Å²) in [6.45, 7) is 11.0. The third-order valence-electron chi connectivity index (χ3n) is 2.70. The number of hydrogen-bond acceptors (Lipinski definition) is 4. The van der Waals surface area contributed by atoms with E-state index in [0.29, 0.717) is 0 Å². The van der Waals surface area contributed by atoms with Gasteiger partial charge in [-0.2, -0.15) is 0 Å². The average Bonchev–Trinajstić information content (AvgIpc) is 2.49. The van der Waals surface area contributed by atoms with Gasteiger partial charge >= 0.3 is 0 Å². The van der Waals surface area contributed by atoms with Crippen LogP contribution in [0.1, 0.15) is 23.7 Å². The monoisotopic (exact) mass is 225 g/mol. The fourth-order valence-electron chi connectivity index (χ4n) is 2.08. The molecule has 4 heteroatoms.